The van der Waals surface area contributed by atoms with Crippen molar-refractivity contribution in [2.75, 3.05) is 0 Å². The minimum atomic E-state index is -0.305. The Morgan fingerprint density at radius 2 is 1.56 bits per heavy atom. The molecule has 2 aromatic carbocycles. The second-order valence-electron chi connectivity index (χ2n) is 7.26. The van der Waals surface area contributed by atoms with Crippen LogP contribution in [0.25, 0.3) is 0 Å². The summed E-state index contributed by atoms with van der Waals surface area (Å²) in [5.74, 6) is -0.511. The van der Waals surface area contributed by atoms with Crippen LogP contribution in [0.2, 0.25) is 0 Å². The summed E-state index contributed by atoms with van der Waals surface area (Å²) in [7, 11) is 0. The first-order valence-electron chi connectivity index (χ1n) is 8.51. The van der Waals surface area contributed by atoms with Crippen LogP contribution < -0.4 is 10.9 Å². The Bertz CT molecular complexity index is 743. The summed E-state index contributed by atoms with van der Waals surface area (Å²) in [5.41, 5.74) is 8.86. The molecule has 0 heterocycles. The molecule has 0 saturated carbocycles. The fourth-order valence-electron chi connectivity index (χ4n) is 2.51. The fourth-order valence-corrected chi connectivity index (χ4v) is 2.51. The van der Waals surface area contributed by atoms with Gasteiger partial charge in [0.25, 0.3) is 5.91 Å². The van der Waals surface area contributed by atoms with Crippen molar-refractivity contribution in [3.8, 4) is 0 Å². The van der Waals surface area contributed by atoms with Crippen molar-refractivity contribution in [1.29, 1.82) is 0 Å². The molecular weight excluding hydrogens is 312 g/mol. The second-order valence-corrected chi connectivity index (χ2v) is 7.26. The number of hydrazine groups is 1. The van der Waals surface area contributed by atoms with E-state index in [9.17, 15) is 9.59 Å². The molecule has 2 aromatic rings. The normalized spacial score (nSPS) is 11.0. The zero-order valence-corrected chi connectivity index (χ0v) is 15.3. The third-order valence-corrected chi connectivity index (χ3v) is 4.17. The Morgan fingerprint density at radius 3 is 2.16 bits per heavy atom. The van der Waals surface area contributed by atoms with Gasteiger partial charge in [-0.2, -0.15) is 0 Å². The van der Waals surface area contributed by atoms with E-state index < -0.39 is 0 Å². The van der Waals surface area contributed by atoms with Crippen LogP contribution in [-0.2, 0) is 16.6 Å². The maximum atomic E-state index is 12.0. The molecule has 0 unspecified atom stereocenters. The van der Waals surface area contributed by atoms with E-state index in [0.717, 1.165) is 11.1 Å². The number of nitrogens with one attached hydrogen (secondary N) is 2. The van der Waals surface area contributed by atoms with Gasteiger partial charge in [-0.05, 0) is 41.5 Å². The van der Waals surface area contributed by atoms with Crippen molar-refractivity contribution in [3.63, 3.8) is 0 Å². The summed E-state index contributed by atoms with van der Waals surface area (Å²) in [4.78, 5) is 24.0. The van der Waals surface area contributed by atoms with Crippen molar-refractivity contribution < 1.29 is 9.59 Å². The number of benzene rings is 2. The number of rotatable bonds is 4. The van der Waals surface area contributed by atoms with Gasteiger partial charge in [0.15, 0.2) is 0 Å². The van der Waals surface area contributed by atoms with Gasteiger partial charge in [-0.3, -0.25) is 20.4 Å². The van der Waals surface area contributed by atoms with Crippen molar-refractivity contribution >= 4 is 11.8 Å². The Morgan fingerprint density at radius 1 is 0.920 bits per heavy atom. The van der Waals surface area contributed by atoms with Crippen LogP contribution >= 0.6 is 0 Å². The van der Waals surface area contributed by atoms with Gasteiger partial charge in [0.1, 0.15) is 0 Å². The van der Waals surface area contributed by atoms with Gasteiger partial charge in [-0.15, -0.1) is 0 Å². The number of aryl methyl sites for hydroxylation is 2. The summed E-state index contributed by atoms with van der Waals surface area (Å²) >= 11 is 0. The molecule has 0 saturated heterocycles. The van der Waals surface area contributed by atoms with Gasteiger partial charge in [-0.25, -0.2) is 0 Å². The molecule has 4 heteroatoms. The number of hydrogen-bond acceptors (Lipinski definition) is 2. The molecule has 2 rings (SSSR count). The van der Waals surface area contributed by atoms with E-state index in [1.807, 2.05) is 19.1 Å². The zero-order valence-electron chi connectivity index (χ0n) is 15.3. The molecule has 2 amide bonds. The molecule has 0 aromatic heterocycles. The lowest BCUT2D eigenvalue weighted by Gasteiger charge is -2.19. The third-order valence-electron chi connectivity index (χ3n) is 4.17. The molecule has 4 nitrogen and oxygen atoms in total. The highest BCUT2D eigenvalue weighted by atomic mass is 16.2. The Kier molecular flexibility index (Phi) is 5.97. The van der Waals surface area contributed by atoms with Gasteiger partial charge in [0.2, 0.25) is 5.91 Å². The monoisotopic (exact) mass is 338 g/mol. The highest BCUT2D eigenvalue weighted by molar-refractivity contribution is 5.96. The standard InChI is InChI=1S/C21H26N2O2/c1-15-7-5-6-8-18(15)20(25)23-22-19(24)14-11-16-9-12-17(13-10-16)21(2,3)4/h5-10,12-13H,11,14H2,1-4H3,(H,22,24)(H,23,25). The highest BCUT2D eigenvalue weighted by Gasteiger charge is 2.13. The summed E-state index contributed by atoms with van der Waals surface area (Å²) in [6, 6.07) is 15.6. The van der Waals surface area contributed by atoms with E-state index in [1.54, 1.807) is 12.1 Å². The molecule has 0 atom stereocenters. The van der Waals surface area contributed by atoms with E-state index in [4.69, 9.17) is 0 Å². The van der Waals surface area contributed by atoms with E-state index in [1.165, 1.54) is 5.56 Å². The molecule has 0 spiro atoms. The molecule has 132 valence electrons. The molecule has 2 N–H and O–H groups in total. The average Bonchev–Trinajstić information content (AvgIpc) is 2.58. The Balaban J connectivity index is 1.81. The molecule has 0 aliphatic carbocycles. The molecule has 0 bridgehead atoms. The predicted octanol–water partition coefficient (Wildman–Crippen LogP) is 3.69. The first kappa shape index (κ1) is 18.7. The topological polar surface area (TPSA) is 58.2 Å². The van der Waals surface area contributed by atoms with Gasteiger partial charge in [-0.1, -0.05) is 63.2 Å². The zero-order chi connectivity index (χ0) is 18.4. The van der Waals surface area contributed by atoms with E-state index in [-0.39, 0.29) is 17.2 Å². The number of amides is 2. The quantitative estimate of drug-likeness (QED) is 0.836. The minimum absolute atomic E-state index is 0.121. The first-order valence-corrected chi connectivity index (χ1v) is 8.51. The van der Waals surface area contributed by atoms with Crippen molar-refractivity contribution in [3.05, 3.63) is 70.8 Å². The molecule has 0 radical (unpaired) electrons. The van der Waals surface area contributed by atoms with E-state index in [0.29, 0.717) is 18.4 Å². The van der Waals surface area contributed by atoms with Crippen LogP contribution in [-0.4, -0.2) is 11.8 Å². The molecule has 0 aliphatic rings. The SMILES string of the molecule is Cc1ccccc1C(=O)NNC(=O)CCc1ccc(C(C)(C)C)cc1. The van der Waals surface area contributed by atoms with Crippen LogP contribution in [0.15, 0.2) is 48.5 Å². The highest BCUT2D eigenvalue weighted by Crippen LogP contribution is 2.22. The number of carbonyl (C=O) groups excluding carboxylic acids is 2. The average molecular weight is 338 g/mol. The van der Waals surface area contributed by atoms with Crippen LogP contribution in [0.5, 0.6) is 0 Å². The Hall–Kier alpha value is -2.62. The van der Waals surface area contributed by atoms with Crippen molar-refractivity contribution in [1.82, 2.24) is 10.9 Å². The maximum absolute atomic E-state index is 12.0. The lowest BCUT2D eigenvalue weighted by molar-refractivity contribution is -0.121. The van der Waals surface area contributed by atoms with Crippen LogP contribution in [0, 0.1) is 6.92 Å². The number of hydrogen-bond donors (Lipinski definition) is 2. The Labute approximate surface area is 149 Å². The predicted molar refractivity (Wildman–Crippen MR) is 100 cm³/mol. The van der Waals surface area contributed by atoms with Crippen LogP contribution in [0.3, 0.4) is 0 Å². The molecule has 25 heavy (non-hydrogen) atoms. The first-order chi connectivity index (χ1) is 11.8. The van der Waals surface area contributed by atoms with Gasteiger partial charge in [0, 0.05) is 12.0 Å². The van der Waals surface area contributed by atoms with Crippen LogP contribution in [0.1, 0.15) is 54.2 Å². The molecule has 0 aliphatic heterocycles. The van der Waals surface area contributed by atoms with Gasteiger partial charge >= 0.3 is 0 Å². The van der Waals surface area contributed by atoms with Crippen molar-refractivity contribution in [2.24, 2.45) is 0 Å². The minimum Gasteiger partial charge on any atom is -0.273 e. The fraction of sp³-hybridized carbons (Fsp3) is 0.333. The van der Waals surface area contributed by atoms with E-state index >= 15 is 0 Å². The van der Waals surface area contributed by atoms with Crippen LogP contribution in [0.4, 0.5) is 0 Å². The van der Waals surface area contributed by atoms with Gasteiger partial charge < -0.3 is 0 Å². The van der Waals surface area contributed by atoms with E-state index in [2.05, 4.69) is 55.9 Å². The van der Waals surface area contributed by atoms with Gasteiger partial charge in [0.05, 0.1) is 0 Å². The number of carbonyl (C=O) groups is 2. The van der Waals surface area contributed by atoms with Crippen molar-refractivity contribution in [2.45, 2.75) is 46.0 Å². The molecule has 0 fully saturated rings. The summed E-state index contributed by atoms with van der Waals surface area (Å²) in [6.45, 7) is 8.38. The summed E-state index contributed by atoms with van der Waals surface area (Å²) < 4.78 is 0. The smallest absolute Gasteiger partial charge is 0.269 e. The largest absolute Gasteiger partial charge is 0.273 e. The lowest BCUT2D eigenvalue weighted by Crippen LogP contribution is -2.41. The second kappa shape index (κ2) is 7.97. The maximum Gasteiger partial charge on any atom is 0.269 e. The summed E-state index contributed by atoms with van der Waals surface area (Å²) in [5, 5.41) is 0. The lowest BCUT2D eigenvalue weighted by atomic mass is 9.86. The third kappa shape index (κ3) is 5.45. The molecular formula is C21H26N2O2. The summed E-state index contributed by atoms with van der Waals surface area (Å²) in [6.07, 6.45) is 0.958.